The minimum Gasteiger partial charge on any atom is -0.496 e. The Labute approximate surface area is 166 Å². The monoisotopic (exact) mass is 379 g/mol. The van der Waals surface area contributed by atoms with Crippen LogP contribution in [0.15, 0.2) is 18.2 Å². The number of benzene rings is 1. The predicted molar refractivity (Wildman–Crippen MR) is 114 cm³/mol. The van der Waals surface area contributed by atoms with Gasteiger partial charge < -0.3 is 20.3 Å². The summed E-state index contributed by atoms with van der Waals surface area (Å²) in [5.74, 6) is 3.19. The van der Waals surface area contributed by atoms with Gasteiger partial charge in [-0.05, 0) is 48.6 Å². The maximum absolute atomic E-state index is 9.64. The minimum absolute atomic E-state index is 0.0110. The Kier molecular flexibility index (Phi) is 10.2. The molecule has 3 N–H and O–H groups in total. The Morgan fingerprint density at radius 2 is 1.81 bits per heavy atom. The lowest BCUT2D eigenvalue weighted by molar-refractivity contribution is 0.146. The molecule has 4 heteroatoms. The van der Waals surface area contributed by atoms with Crippen LogP contribution in [-0.4, -0.2) is 31.0 Å². The van der Waals surface area contributed by atoms with Gasteiger partial charge in [-0.2, -0.15) is 0 Å². The van der Waals surface area contributed by atoms with E-state index in [1.807, 2.05) is 26.0 Å². The van der Waals surface area contributed by atoms with Crippen LogP contribution in [0.4, 0.5) is 0 Å². The molecule has 0 saturated carbocycles. The van der Waals surface area contributed by atoms with Crippen molar-refractivity contribution in [2.75, 3.05) is 20.3 Å². The van der Waals surface area contributed by atoms with Gasteiger partial charge >= 0.3 is 0 Å². The average molecular weight is 380 g/mol. The topological polar surface area (TPSA) is 64.7 Å². The summed E-state index contributed by atoms with van der Waals surface area (Å²) in [7, 11) is 1.68. The number of hydrogen-bond acceptors (Lipinski definition) is 4. The van der Waals surface area contributed by atoms with Crippen LogP contribution in [-0.2, 0) is 6.42 Å². The SMILES string of the molecule is COc1cc(OCC(C)CCCC(C)C)ccc1CC[C@@](N)(CO)C(C)C. The number of aliphatic hydroxyl groups excluding tert-OH is 1. The van der Waals surface area contributed by atoms with Crippen LogP contribution >= 0.6 is 0 Å². The number of aryl methyl sites for hydroxylation is 1. The van der Waals surface area contributed by atoms with E-state index < -0.39 is 5.54 Å². The Morgan fingerprint density at radius 1 is 1.11 bits per heavy atom. The first-order valence-corrected chi connectivity index (χ1v) is 10.4. The third kappa shape index (κ3) is 8.10. The second-order valence-corrected chi connectivity index (χ2v) is 8.76. The third-order valence-corrected chi connectivity index (χ3v) is 5.58. The van der Waals surface area contributed by atoms with Gasteiger partial charge in [-0.1, -0.05) is 53.5 Å². The van der Waals surface area contributed by atoms with Crippen molar-refractivity contribution in [2.24, 2.45) is 23.5 Å². The summed E-state index contributed by atoms with van der Waals surface area (Å²) >= 11 is 0. The van der Waals surface area contributed by atoms with E-state index in [1.165, 1.54) is 19.3 Å². The molecule has 1 unspecified atom stereocenters. The van der Waals surface area contributed by atoms with E-state index >= 15 is 0 Å². The molecule has 0 bridgehead atoms. The largest absolute Gasteiger partial charge is 0.496 e. The van der Waals surface area contributed by atoms with Crippen LogP contribution < -0.4 is 15.2 Å². The fourth-order valence-corrected chi connectivity index (χ4v) is 3.14. The zero-order chi connectivity index (χ0) is 20.4. The summed E-state index contributed by atoms with van der Waals surface area (Å²) in [5.41, 5.74) is 6.87. The van der Waals surface area contributed by atoms with Crippen molar-refractivity contribution in [1.82, 2.24) is 0 Å². The average Bonchev–Trinajstić information content (AvgIpc) is 2.64. The maximum atomic E-state index is 9.64. The van der Waals surface area contributed by atoms with Crippen molar-refractivity contribution < 1.29 is 14.6 Å². The summed E-state index contributed by atoms with van der Waals surface area (Å²) in [4.78, 5) is 0. The van der Waals surface area contributed by atoms with E-state index in [2.05, 4.69) is 26.8 Å². The van der Waals surface area contributed by atoms with E-state index in [1.54, 1.807) is 7.11 Å². The summed E-state index contributed by atoms with van der Waals surface area (Å²) in [6.07, 6.45) is 5.21. The van der Waals surface area contributed by atoms with Gasteiger partial charge in [0.15, 0.2) is 0 Å². The van der Waals surface area contributed by atoms with Crippen molar-refractivity contribution in [3.8, 4) is 11.5 Å². The third-order valence-electron chi connectivity index (χ3n) is 5.58. The van der Waals surface area contributed by atoms with Crippen LogP contribution in [0.3, 0.4) is 0 Å². The second-order valence-electron chi connectivity index (χ2n) is 8.76. The van der Waals surface area contributed by atoms with E-state index in [0.717, 1.165) is 36.0 Å². The molecule has 0 amide bonds. The molecular formula is C23H41NO3. The fraction of sp³-hybridized carbons (Fsp3) is 0.739. The van der Waals surface area contributed by atoms with E-state index in [-0.39, 0.29) is 12.5 Å². The van der Waals surface area contributed by atoms with Gasteiger partial charge in [-0.3, -0.25) is 0 Å². The molecule has 0 spiro atoms. The highest BCUT2D eigenvalue weighted by Gasteiger charge is 2.28. The predicted octanol–water partition coefficient (Wildman–Crippen LogP) is 4.81. The zero-order valence-electron chi connectivity index (χ0n) is 18.3. The highest BCUT2D eigenvalue weighted by atomic mass is 16.5. The smallest absolute Gasteiger partial charge is 0.125 e. The number of ether oxygens (including phenoxy) is 2. The molecule has 0 aliphatic heterocycles. The molecule has 0 aromatic heterocycles. The number of rotatable bonds is 13. The van der Waals surface area contributed by atoms with Crippen LogP contribution in [0.25, 0.3) is 0 Å². The Morgan fingerprint density at radius 3 is 2.37 bits per heavy atom. The van der Waals surface area contributed by atoms with Gasteiger partial charge in [0, 0.05) is 11.6 Å². The first kappa shape index (κ1) is 23.8. The lowest BCUT2D eigenvalue weighted by atomic mass is 9.83. The number of nitrogens with two attached hydrogens (primary N) is 1. The van der Waals surface area contributed by atoms with Gasteiger partial charge in [-0.15, -0.1) is 0 Å². The van der Waals surface area contributed by atoms with E-state index in [4.69, 9.17) is 15.2 Å². The molecule has 156 valence electrons. The molecule has 1 aromatic rings. The molecule has 0 fully saturated rings. The lowest BCUT2D eigenvalue weighted by Gasteiger charge is -2.31. The Bertz CT molecular complexity index is 544. The van der Waals surface area contributed by atoms with Crippen LogP contribution in [0.5, 0.6) is 11.5 Å². The van der Waals surface area contributed by atoms with Gasteiger partial charge in [0.05, 0.1) is 20.3 Å². The Hall–Kier alpha value is -1.26. The molecule has 0 saturated heterocycles. The molecule has 1 aromatic carbocycles. The normalized spacial score (nSPS) is 15.0. The molecule has 0 radical (unpaired) electrons. The summed E-state index contributed by atoms with van der Waals surface area (Å²) in [6.45, 7) is 11.6. The fourth-order valence-electron chi connectivity index (χ4n) is 3.14. The van der Waals surface area contributed by atoms with Crippen molar-refractivity contribution in [3.63, 3.8) is 0 Å². The van der Waals surface area contributed by atoms with Crippen LogP contribution in [0.2, 0.25) is 0 Å². The van der Waals surface area contributed by atoms with Crippen molar-refractivity contribution in [1.29, 1.82) is 0 Å². The summed E-state index contributed by atoms with van der Waals surface area (Å²) in [6, 6.07) is 6.02. The zero-order valence-corrected chi connectivity index (χ0v) is 18.3. The first-order chi connectivity index (χ1) is 12.7. The van der Waals surface area contributed by atoms with Crippen LogP contribution in [0.1, 0.15) is 65.9 Å². The molecule has 4 nitrogen and oxygen atoms in total. The van der Waals surface area contributed by atoms with Crippen molar-refractivity contribution in [2.45, 2.75) is 72.3 Å². The van der Waals surface area contributed by atoms with Crippen molar-refractivity contribution in [3.05, 3.63) is 23.8 Å². The highest BCUT2D eigenvalue weighted by Crippen LogP contribution is 2.29. The quantitative estimate of drug-likeness (QED) is 0.516. The molecular weight excluding hydrogens is 338 g/mol. The standard InChI is InChI=1S/C23H41NO3/c1-17(2)8-7-9-19(5)15-27-21-11-10-20(22(14-21)26-6)12-13-23(24,16-25)18(3)4/h10-11,14,17-19,25H,7-9,12-13,15-16,24H2,1-6H3/t19?,23-/m1/s1. The summed E-state index contributed by atoms with van der Waals surface area (Å²) in [5, 5.41) is 9.64. The van der Waals surface area contributed by atoms with Gasteiger partial charge in [0.25, 0.3) is 0 Å². The van der Waals surface area contributed by atoms with E-state index in [9.17, 15) is 5.11 Å². The lowest BCUT2D eigenvalue weighted by Crippen LogP contribution is -2.48. The highest BCUT2D eigenvalue weighted by molar-refractivity contribution is 5.41. The number of aliphatic hydroxyl groups is 1. The van der Waals surface area contributed by atoms with Crippen molar-refractivity contribution >= 4 is 0 Å². The van der Waals surface area contributed by atoms with Gasteiger partial charge in [0.2, 0.25) is 0 Å². The molecule has 0 heterocycles. The second kappa shape index (κ2) is 11.6. The number of hydrogen-bond donors (Lipinski definition) is 2. The Balaban J connectivity index is 2.61. The van der Waals surface area contributed by atoms with Gasteiger partial charge in [-0.25, -0.2) is 0 Å². The minimum atomic E-state index is -0.564. The van der Waals surface area contributed by atoms with E-state index in [0.29, 0.717) is 12.3 Å². The molecule has 1 rings (SSSR count). The molecule has 27 heavy (non-hydrogen) atoms. The first-order valence-electron chi connectivity index (χ1n) is 10.4. The number of methoxy groups -OCH3 is 1. The molecule has 0 aliphatic carbocycles. The summed E-state index contributed by atoms with van der Waals surface area (Å²) < 4.78 is 11.5. The van der Waals surface area contributed by atoms with Crippen LogP contribution in [0, 0.1) is 17.8 Å². The maximum Gasteiger partial charge on any atom is 0.125 e. The van der Waals surface area contributed by atoms with Gasteiger partial charge in [0.1, 0.15) is 11.5 Å². The molecule has 0 aliphatic rings. The molecule has 2 atom stereocenters.